The van der Waals surface area contributed by atoms with Gasteiger partial charge in [-0.25, -0.2) is 9.59 Å². The number of hydrogen-bond acceptors (Lipinski definition) is 35. The lowest BCUT2D eigenvalue weighted by Gasteiger charge is -2.51. The molecule has 2 amide bonds. The SMILES string of the molecule is CC(=O)N[C@H]1[C@H]([C@H](O)[C@H](O)CO)O[C@@](O[C@H](CO)[C@@H](O)[C@@H]2O[C@@](O[C@H]3[C@@H](O)[C@@H](CO[C@@H]4O[C@H](CO)[C@H](O[C@@H]5O[C@H](CO)[C@H](O)[C@H](O)[C@H]5O)[C@H](O)[C@H]4O)O[C@@H](O[C@@H]([C@H](O)[C@@H](O)CO)[C@H](O)CO)[C@@H]3O)(C(=O)O)C[C@H](O)[C@H]2NC(C)=O)(C(=O)O)C[C@@H]1O. The van der Waals surface area contributed by atoms with Crippen molar-refractivity contribution in [1.82, 2.24) is 10.6 Å². The van der Waals surface area contributed by atoms with Crippen molar-refractivity contribution < 1.29 is 184 Å². The van der Waals surface area contributed by atoms with Gasteiger partial charge < -0.3 is 175 Å². The van der Waals surface area contributed by atoms with Crippen molar-refractivity contribution in [2.24, 2.45) is 0 Å². The van der Waals surface area contributed by atoms with Crippen molar-refractivity contribution in [2.45, 2.75) is 216 Å². The van der Waals surface area contributed by atoms with Crippen LogP contribution >= 0.6 is 0 Å². The molecule has 39 heteroatoms. The summed E-state index contributed by atoms with van der Waals surface area (Å²) < 4.78 is 56.0. The second-order valence-corrected chi connectivity index (χ2v) is 20.9. The fraction of sp³-hybridized carbons (Fsp3) is 0.913. The zero-order chi connectivity index (χ0) is 63.9. The predicted octanol–water partition coefficient (Wildman–Crippen LogP) is -15.8. The summed E-state index contributed by atoms with van der Waals surface area (Å²) in [5.74, 6) is -13.3. The van der Waals surface area contributed by atoms with Gasteiger partial charge in [0.25, 0.3) is 11.6 Å². The maximum Gasteiger partial charge on any atom is 0.364 e. The molecule has 5 aliphatic heterocycles. The second-order valence-electron chi connectivity index (χ2n) is 20.9. The summed E-state index contributed by atoms with van der Waals surface area (Å²) in [7, 11) is 0. The van der Waals surface area contributed by atoms with Gasteiger partial charge in [-0.05, 0) is 0 Å². The van der Waals surface area contributed by atoms with Gasteiger partial charge in [-0.2, -0.15) is 0 Å². The van der Waals surface area contributed by atoms with Crippen LogP contribution in [0.5, 0.6) is 0 Å². The van der Waals surface area contributed by atoms with Crippen LogP contribution in [-0.4, -0.2) is 376 Å². The highest BCUT2D eigenvalue weighted by molar-refractivity contribution is 5.77. The van der Waals surface area contributed by atoms with Crippen LogP contribution in [0.4, 0.5) is 0 Å². The Morgan fingerprint density at radius 2 is 1.02 bits per heavy atom. The Morgan fingerprint density at radius 1 is 0.529 bits per heavy atom. The van der Waals surface area contributed by atoms with E-state index in [-0.39, 0.29) is 0 Å². The van der Waals surface area contributed by atoms with Gasteiger partial charge in [0, 0.05) is 26.7 Å². The fourth-order valence-corrected chi connectivity index (χ4v) is 10.2. The first kappa shape index (κ1) is 72.4. The van der Waals surface area contributed by atoms with Crippen molar-refractivity contribution in [3.05, 3.63) is 0 Å². The smallest absolute Gasteiger partial charge is 0.364 e. The number of ether oxygens (including phenoxy) is 10. The van der Waals surface area contributed by atoms with E-state index >= 15 is 0 Å². The van der Waals surface area contributed by atoms with E-state index in [4.69, 9.17) is 47.4 Å². The van der Waals surface area contributed by atoms with Crippen molar-refractivity contribution >= 4 is 23.8 Å². The van der Waals surface area contributed by atoms with E-state index < -0.39 is 272 Å². The van der Waals surface area contributed by atoms with Crippen LogP contribution in [0.25, 0.3) is 0 Å². The standard InChI is InChI=1S/C46H78N2O37/c1-12(55)47-23-14(57)3-45(43(72)73,83-37(23)26(63)17(60)6-50)82-20(9-53)28(65)38-24(48-13(2)56)15(58)4-46(84-38,44(74)75)85-39-29(66)22(79-42(34(39)71)80-35(18(61)7-51)25(62)16(59)5-49)11-76-40-33(70)31(68)36(21(10-54)78-40)81-41-32(69)30(67)27(64)19(8-52)77-41/h14-42,49-54,57-71H,3-11H2,1-2H3,(H,47,55)(H,48,56)(H,72,73)(H,74,75)/t14-,15-,16-,17+,18+,19+,20+,21+,22+,23+,24+,25+,26+,27-,28+,29-,30-,31+,32+,33+,34+,35+,36-,37+,38+,39-,40+,41-,42-,45+,46-/m0/s1. The first-order valence-corrected chi connectivity index (χ1v) is 26.3. The molecule has 0 aromatic heterocycles. The molecule has 0 unspecified atom stereocenters. The number of carboxylic acid groups (broad SMARTS) is 2. The minimum atomic E-state index is -3.57. The van der Waals surface area contributed by atoms with Crippen LogP contribution in [0.1, 0.15) is 26.7 Å². The molecule has 0 aliphatic carbocycles. The molecule has 0 aromatic rings. The molecule has 0 saturated carbocycles. The van der Waals surface area contributed by atoms with Gasteiger partial charge in [-0.15, -0.1) is 0 Å². The average molecular weight is 1250 g/mol. The largest absolute Gasteiger partial charge is 0.477 e. The minimum Gasteiger partial charge on any atom is -0.477 e. The van der Waals surface area contributed by atoms with Crippen molar-refractivity contribution in [1.29, 1.82) is 0 Å². The maximum absolute atomic E-state index is 13.6. The molecule has 0 bridgehead atoms. The molecule has 5 fully saturated rings. The Hall–Kier alpha value is -3.36. The van der Waals surface area contributed by atoms with Gasteiger partial charge >= 0.3 is 11.9 Å². The van der Waals surface area contributed by atoms with Gasteiger partial charge in [0.05, 0.1) is 70.5 Å². The van der Waals surface area contributed by atoms with E-state index in [1.807, 2.05) is 0 Å². The number of aliphatic hydroxyl groups excluding tert-OH is 21. The second kappa shape index (κ2) is 30.9. The molecule has 0 spiro atoms. The highest BCUT2D eigenvalue weighted by Gasteiger charge is 2.63. The quantitative estimate of drug-likeness (QED) is 0.0346. The van der Waals surface area contributed by atoms with Crippen LogP contribution in [0.15, 0.2) is 0 Å². The molecule has 31 atom stereocenters. The molecule has 5 aliphatic rings. The monoisotopic (exact) mass is 1250 g/mol. The van der Waals surface area contributed by atoms with E-state index in [1.54, 1.807) is 0 Å². The molecule has 0 radical (unpaired) electrons. The van der Waals surface area contributed by atoms with Crippen molar-refractivity contribution in [2.75, 3.05) is 46.2 Å². The van der Waals surface area contributed by atoms with Crippen LogP contribution in [0.3, 0.4) is 0 Å². The molecule has 0 aromatic carbocycles. The Balaban J connectivity index is 1.51. The topological polar surface area (TPSA) is 650 Å². The number of aliphatic carboxylic acids is 2. The summed E-state index contributed by atoms with van der Waals surface area (Å²) in [6, 6.07) is -3.80. The lowest BCUT2D eigenvalue weighted by Crippen LogP contribution is -2.71. The van der Waals surface area contributed by atoms with Crippen LogP contribution in [0.2, 0.25) is 0 Å². The molecule has 5 saturated heterocycles. The minimum absolute atomic E-state index is 0.854. The molecule has 5 heterocycles. The summed E-state index contributed by atoms with van der Waals surface area (Å²) in [4.78, 5) is 51.4. The van der Waals surface area contributed by atoms with Crippen molar-refractivity contribution in [3.8, 4) is 0 Å². The summed E-state index contributed by atoms with van der Waals surface area (Å²) in [6.45, 7) is -6.67. The summed E-state index contributed by atoms with van der Waals surface area (Å²) in [5, 5.41) is 250. The van der Waals surface area contributed by atoms with E-state index in [2.05, 4.69) is 10.6 Å². The number of carbonyl (C=O) groups excluding carboxylic acids is 2. The number of nitrogens with one attached hydrogen (secondary N) is 2. The zero-order valence-corrected chi connectivity index (χ0v) is 45.1. The predicted molar refractivity (Wildman–Crippen MR) is 259 cm³/mol. The third-order valence-corrected chi connectivity index (χ3v) is 14.8. The molecule has 494 valence electrons. The molecule has 39 nitrogen and oxygen atoms in total. The van der Waals surface area contributed by atoms with E-state index in [9.17, 15) is 137 Å². The van der Waals surface area contributed by atoms with Crippen LogP contribution in [-0.2, 0) is 66.5 Å². The Labute approximate surface area is 479 Å². The average Bonchev–Trinajstić information content (AvgIpc) is 1.13. The van der Waals surface area contributed by atoms with Crippen LogP contribution < -0.4 is 10.6 Å². The Kier molecular flexibility index (Phi) is 26.3. The van der Waals surface area contributed by atoms with Gasteiger partial charge in [0.1, 0.15) is 134 Å². The van der Waals surface area contributed by atoms with E-state index in [0.29, 0.717) is 0 Å². The summed E-state index contributed by atoms with van der Waals surface area (Å²) >= 11 is 0. The number of carboxylic acids is 2. The number of rotatable bonds is 28. The van der Waals surface area contributed by atoms with E-state index in [1.165, 1.54) is 0 Å². The van der Waals surface area contributed by atoms with Gasteiger partial charge in [-0.3, -0.25) is 9.59 Å². The number of hydrogen-bond donors (Lipinski definition) is 25. The van der Waals surface area contributed by atoms with Gasteiger partial charge in [0.15, 0.2) is 18.9 Å². The lowest BCUT2D eigenvalue weighted by atomic mass is 9.87. The third kappa shape index (κ3) is 16.2. The first-order valence-electron chi connectivity index (χ1n) is 26.3. The third-order valence-electron chi connectivity index (χ3n) is 14.8. The number of carbonyl (C=O) groups is 4. The molecular weight excluding hydrogens is 1170 g/mol. The molecular formula is C46H78N2O37. The van der Waals surface area contributed by atoms with Crippen molar-refractivity contribution in [3.63, 3.8) is 0 Å². The Bertz CT molecular complexity index is 2140. The van der Waals surface area contributed by atoms with Gasteiger partial charge in [0.2, 0.25) is 11.8 Å². The highest BCUT2D eigenvalue weighted by atomic mass is 16.8. The van der Waals surface area contributed by atoms with Crippen LogP contribution in [0, 0.1) is 0 Å². The Morgan fingerprint density at radius 3 is 1.53 bits per heavy atom. The maximum atomic E-state index is 13.6. The molecule has 25 N–H and O–H groups in total. The van der Waals surface area contributed by atoms with Gasteiger partial charge in [-0.1, -0.05) is 0 Å². The lowest BCUT2D eigenvalue weighted by molar-refractivity contribution is -0.386. The summed E-state index contributed by atoms with van der Waals surface area (Å²) in [6.07, 6.45) is -62.7. The van der Waals surface area contributed by atoms with E-state index in [0.717, 1.165) is 13.8 Å². The zero-order valence-electron chi connectivity index (χ0n) is 45.1. The first-order chi connectivity index (χ1) is 39.8. The summed E-state index contributed by atoms with van der Waals surface area (Å²) in [5.41, 5.74) is 0. The molecule has 85 heavy (non-hydrogen) atoms. The fourth-order valence-electron chi connectivity index (χ4n) is 10.2. The normalized spacial score (nSPS) is 41.9. The number of amides is 2. The molecule has 5 rings (SSSR count). The number of aliphatic hydroxyl groups is 21. The highest BCUT2D eigenvalue weighted by Crippen LogP contribution is 2.41.